The average molecular weight is 294 g/mol. The van der Waals surface area contributed by atoms with Crippen LogP contribution in [0.4, 0.5) is 0 Å². The zero-order valence-electron chi connectivity index (χ0n) is 13.5. The summed E-state index contributed by atoms with van der Waals surface area (Å²) >= 11 is 0. The largest absolute Gasteiger partial charge is 0.357 e. The minimum absolute atomic E-state index is 0.0240. The fraction of sp³-hybridized carbons (Fsp3) is 0.750. The Morgan fingerprint density at radius 1 is 1.19 bits per heavy atom. The number of aliphatic imine (C=N–C) groups is 1. The molecule has 0 bridgehead atoms. The van der Waals surface area contributed by atoms with Crippen LogP contribution in [0.3, 0.4) is 0 Å². The topological polar surface area (TPSA) is 65.5 Å². The number of nitrogens with one attached hydrogen (secondary N) is 3. The Hall–Kier alpha value is -1.52. The molecule has 3 N–H and O–H groups in total. The highest BCUT2D eigenvalue weighted by molar-refractivity contribution is 5.84. The molecule has 5 heteroatoms. The van der Waals surface area contributed by atoms with E-state index in [0.717, 1.165) is 31.9 Å². The van der Waals surface area contributed by atoms with Gasteiger partial charge in [-0.25, -0.2) is 4.99 Å². The van der Waals surface area contributed by atoms with Crippen molar-refractivity contribution in [1.29, 1.82) is 0 Å². The minimum Gasteiger partial charge on any atom is -0.357 e. The van der Waals surface area contributed by atoms with Crippen LogP contribution in [0, 0.1) is 0 Å². The number of carbonyl (C=O) groups excluding carboxylic acids is 1. The lowest BCUT2D eigenvalue weighted by Gasteiger charge is -2.15. The van der Waals surface area contributed by atoms with Crippen LogP contribution in [0.2, 0.25) is 0 Å². The van der Waals surface area contributed by atoms with Gasteiger partial charge in [0.1, 0.15) is 6.54 Å². The molecule has 0 spiro atoms. The van der Waals surface area contributed by atoms with E-state index in [2.05, 4.69) is 27.0 Å². The maximum absolute atomic E-state index is 11.5. The zero-order valence-corrected chi connectivity index (χ0v) is 13.5. The van der Waals surface area contributed by atoms with Gasteiger partial charge in [-0.2, -0.15) is 0 Å². The van der Waals surface area contributed by atoms with Crippen molar-refractivity contribution in [3.63, 3.8) is 0 Å². The van der Waals surface area contributed by atoms with E-state index in [1.807, 2.05) is 13.8 Å². The van der Waals surface area contributed by atoms with Crippen molar-refractivity contribution in [3.8, 4) is 0 Å². The molecule has 0 aromatic heterocycles. The summed E-state index contributed by atoms with van der Waals surface area (Å²) in [5.41, 5.74) is 1.55. The van der Waals surface area contributed by atoms with Crippen molar-refractivity contribution < 1.29 is 4.79 Å². The highest BCUT2D eigenvalue weighted by atomic mass is 16.1. The van der Waals surface area contributed by atoms with Gasteiger partial charge in [0.25, 0.3) is 0 Å². The second-order valence-corrected chi connectivity index (χ2v) is 5.33. The Bertz CT molecular complexity index is 363. The Morgan fingerprint density at radius 3 is 2.71 bits per heavy atom. The molecule has 1 amide bonds. The van der Waals surface area contributed by atoms with E-state index in [1.54, 1.807) is 5.57 Å². The number of hydrogen-bond acceptors (Lipinski definition) is 2. The molecule has 0 atom stereocenters. The molecule has 21 heavy (non-hydrogen) atoms. The van der Waals surface area contributed by atoms with Crippen LogP contribution >= 0.6 is 0 Å². The molecule has 0 radical (unpaired) electrons. The monoisotopic (exact) mass is 294 g/mol. The van der Waals surface area contributed by atoms with Gasteiger partial charge in [-0.1, -0.05) is 18.6 Å². The molecule has 1 aliphatic carbocycles. The molecule has 0 heterocycles. The Labute approximate surface area is 128 Å². The van der Waals surface area contributed by atoms with Crippen molar-refractivity contribution in [3.05, 3.63) is 11.6 Å². The molecule has 5 nitrogen and oxygen atoms in total. The summed E-state index contributed by atoms with van der Waals surface area (Å²) in [6.07, 6.45) is 9.48. The number of hydrogen-bond donors (Lipinski definition) is 3. The fourth-order valence-electron chi connectivity index (χ4n) is 2.29. The van der Waals surface area contributed by atoms with Crippen LogP contribution in [-0.2, 0) is 4.79 Å². The Kier molecular flexibility index (Phi) is 9.33. The second kappa shape index (κ2) is 11.2. The predicted molar refractivity (Wildman–Crippen MR) is 88.5 cm³/mol. The maximum Gasteiger partial charge on any atom is 0.241 e. The molecule has 1 rings (SSSR count). The molecule has 0 saturated heterocycles. The van der Waals surface area contributed by atoms with Crippen molar-refractivity contribution in [2.24, 2.45) is 4.99 Å². The molecule has 120 valence electrons. The van der Waals surface area contributed by atoms with E-state index in [4.69, 9.17) is 0 Å². The van der Waals surface area contributed by atoms with E-state index in [9.17, 15) is 4.79 Å². The molecule has 0 aromatic rings. The first-order valence-corrected chi connectivity index (χ1v) is 8.23. The number of amides is 1. The smallest absolute Gasteiger partial charge is 0.241 e. The first-order chi connectivity index (χ1) is 10.3. The summed E-state index contributed by atoms with van der Waals surface area (Å²) in [6, 6.07) is 0. The molecule has 0 fully saturated rings. The molecular weight excluding hydrogens is 264 g/mol. The van der Waals surface area contributed by atoms with E-state index >= 15 is 0 Å². The van der Waals surface area contributed by atoms with Crippen LogP contribution in [0.15, 0.2) is 16.6 Å². The second-order valence-electron chi connectivity index (χ2n) is 5.33. The van der Waals surface area contributed by atoms with Crippen molar-refractivity contribution in [1.82, 2.24) is 16.0 Å². The zero-order chi connectivity index (χ0) is 15.3. The SMILES string of the molecule is CCCNC(=O)CN=C(NCC)NCCC1=CCCCC1. The molecular formula is C16H30N4O. The average Bonchev–Trinajstić information content (AvgIpc) is 2.51. The third-order valence-electron chi connectivity index (χ3n) is 3.42. The van der Waals surface area contributed by atoms with Gasteiger partial charge in [0.2, 0.25) is 5.91 Å². The fourth-order valence-corrected chi connectivity index (χ4v) is 2.29. The molecule has 0 aromatic carbocycles. The Morgan fingerprint density at radius 2 is 2.05 bits per heavy atom. The van der Waals surface area contributed by atoms with E-state index < -0.39 is 0 Å². The highest BCUT2D eigenvalue weighted by Crippen LogP contribution is 2.19. The first-order valence-electron chi connectivity index (χ1n) is 8.23. The lowest BCUT2D eigenvalue weighted by atomic mass is 9.97. The molecule has 0 saturated carbocycles. The quantitative estimate of drug-likeness (QED) is 0.364. The number of guanidine groups is 1. The third-order valence-corrected chi connectivity index (χ3v) is 3.42. The summed E-state index contributed by atoms with van der Waals surface area (Å²) in [5, 5.41) is 9.30. The van der Waals surface area contributed by atoms with Crippen molar-refractivity contribution >= 4 is 11.9 Å². The predicted octanol–water partition coefficient (Wildman–Crippen LogP) is 1.96. The minimum atomic E-state index is -0.0240. The third kappa shape index (κ3) is 8.38. The van der Waals surface area contributed by atoms with Crippen LogP contribution in [0.25, 0.3) is 0 Å². The molecule has 1 aliphatic rings. The number of allylic oxidation sites excluding steroid dienone is 1. The number of rotatable bonds is 8. The van der Waals surface area contributed by atoms with E-state index in [1.165, 1.54) is 25.7 Å². The van der Waals surface area contributed by atoms with Gasteiger partial charge in [-0.3, -0.25) is 4.79 Å². The van der Waals surface area contributed by atoms with Gasteiger partial charge in [-0.15, -0.1) is 0 Å². The van der Waals surface area contributed by atoms with Gasteiger partial charge in [0.05, 0.1) is 0 Å². The summed E-state index contributed by atoms with van der Waals surface area (Å²) in [4.78, 5) is 15.9. The normalized spacial score (nSPS) is 15.3. The molecule has 0 aliphatic heterocycles. The standard InChI is InChI=1S/C16H30N4O/c1-3-11-18-15(21)13-20-16(17-4-2)19-12-10-14-8-6-5-7-9-14/h8H,3-7,9-13H2,1-2H3,(H,18,21)(H2,17,19,20). The highest BCUT2D eigenvalue weighted by Gasteiger charge is 2.04. The maximum atomic E-state index is 11.5. The van der Waals surface area contributed by atoms with Gasteiger partial charge < -0.3 is 16.0 Å². The van der Waals surface area contributed by atoms with Crippen LogP contribution in [0.1, 0.15) is 52.4 Å². The van der Waals surface area contributed by atoms with Crippen LogP contribution < -0.4 is 16.0 Å². The lowest BCUT2D eigenvalue weighted by Crippen LogP contribution is -2.39. The first kappa shape index (κ1) is 17.5. The van der Waals surface area contributed by atoms with Gasteiger partial charge in [0, 0.05) is 19.6 Å². The number of nitrogens with zero attached hydrogens (tertiary/aromatic N) is 1. The van der Waals surface area contributed by atoms with Crippen LogP contribution in [-0.4, -0.2) is 38.0 Å². The summed E-state index contributed by atoms with van der Waals surface area (Å²) < 4.78 is 0. The van der Waals surface area contributed by atoms with E-state index in [-0.39, 0.29) is 12.5 Å². The summed E-state index contributed by atoms with van der Waals surface area (Å²) in [5.74, 6) is 0.699. The summed E-state index contributed by atoms with van der Waals surface area (Å²) in [7, 11) is 0. The van der Waals surface area contributed by atoms with Gasteiger partial charge in [0.15, 0.2) is 5.96 Å². The summed E-state index contributed by atoms with van der Waals surface area (Å²) in [6.45, 7) is 6.62. The number of carbonyl (C=O) groups is 1. The van der Waals surface area contributed by atoms with Gasteiger partial charge >= 0.3 is 0 Å². The van der Waals surface area contributed by atoms with Gasteiger partial charge in [-0.05, 0) is 45.4 Å². The van der Waals surface area contributed by atoms with E-state index in [0.29, 0.717) is 6.54 Å². The van der Waals surface area contributed by atoms with Crippen molar-refractivity contribution in [2.75, 3.05) is 26.2 Å². The molecule has 0 unspecified atom stereocenters. The Balaban J connectivity index is 2.30. The lowest BCUT2D eigenvalue weighted by molar-refractivity contribution is -0.119. The van der Waals surface area contributed by atoms with Crippen molar-refractivity contribution in [2.45, 2.75) is 52.4 Å². The van der Waals surface area contributed by atoms with Crippen LogP contribution in [0.5, 0.6) is 0 Å².